The molecule has 0 bridgehead atoms. The highest BCUT2D eigenvalue weighted by molar-refractivity contribution is 7.91. The molecule has 106 valence electrons. The van der Waals surface area contributed by atoms with Crippen molar-refractivity contribution in [2.24, 2.45) is 5.92 Å². The molecule has 1 fully saturated rings. The molecule has 19 heavy (non-hydrogen) atoms. The molecule has 1 saturated heterocycles. The number of hydrogen-bond donors (Lipinski definition) is 1. The Morgan fingerprint density at radius 1 is 1.37 bits per heavy atom. The first-order chi connectivity index (χ1) is 9.02. The third-order valence-corrected chi connectivity index (χ3v) is 5.20. The average molecular weight is 284 g/mol. The van der Waals surface area contributed by atoms with Crippen LogP contribution in [0.5, 0.6) is 5.75 Å². The SMILES string of the molecule is CCCOc1ccc(C(O)C2CCS(=O)(=O)C2)cc1. The van der Waals surface area contributed by atoms with Crippen molar-refractivity contribution in [2.45, 2.75) is 25.9 Å². The molecule has 1 aromatic rings. The maximum atomic E-state index is 11.4. The van der Waals surface area contributed by atoms with E-state index in [2.05, 4.69) is 0 Å². The van der Waals surface area contributed by atoms with E-state index in [1.165, 1.54) is 0 Å². The lowest BCUT2D eigenvalue weighted by Gasteiger charge is -2.17. The molecule has 1 heterocycles. The highest BCUT2D eigenvalue weighted by Crippen LogP contribution is 2.31. The van der Waals surface area contributed by atoms with Crippen molar-refractivity contribution in [3.05, 3.63) is 29.8 Å². The predicted molar refractivity (Wildman–Crippen MR) is 73.9 cm³/mol. The van der Waals surface area contributed by atoms with E-state index in [0.717, 1.165) is 17.7 Å². The Morgan fingerprint density at radius 2 is 2.05 bits per heavy atom. The number of hydrogen-bond acceptors (Lipinski definition) is 4. The number of sulfone groups is 1. The second-order valence-corrected chi connectivity index (χ2v) is 7.25. The first-order valence-electron chi connectivity index (χ1n) is 6.63. The monoisotopic (exact) mass is 284 g/mol. The summed E-state index contributed by atoms with van der Waals surface area (Å²) in [5.74, 6) is 0.860. The Bertz CT molecular complexity index is 507. The first kappa shape index (κ1) is 14.3. The van der Waals surface area contributed by atoms with Crippen molar-refractivity contribution in [2.75, 3.05) is 18.1 Å². The lowest BCUT2D eigenvalue weighted by Crippen LogP contribution is -2.14. The minimum atomic E-state index is -2.95. The van der Waals surface area contributed by atoms with Gasteiger partial charge in [-0.2, -0.15) is 0 Å². The fourth-order valence-corrected chi connectivity index (χ4v) is 4.16. The van der Waals surface area contributed by atoms with Crippen molar-refractivity contribution in [1.82, 2.24) is 0 Å². The molecule has 5 heteroatoms. The highest BCUT2D eigenvalue weighted by Gasteiger charge is 2.33. The second-order valence-electron chi connectivity index (χ2n) is 5.03. The van der Waals surface area contributed by atoms with Gasteiger partial charge in [0.05, 0.1) is 24.2 Å². The Kier molecular flexibility index (Phi) is 4.47. The van der Waals surface area contributed by atoms with Crippen molar-refractivity contribution in [3.63, 3.8) is 0 Å². The topological polar surface area (TPSA) is 63.6 Å². The van der Waals surface area contributed by atoms with Gasteiger partial charge >= 0.3 is 0 Å². The summed E-state index contributed by atoms with van der Waals surface area (Å²) in [5, 5.41) is 10.2. The molecule has 1 aliphatic rings. The van der Waals surface area contributed by atoms with Gasteiger partial charge < -0.3 is 9.84 Å². The van der Waals surface area contributed by atoms with Crippen LogP contribution in [-0.4, -0.2) is 31.6 Å². The van der Waals surface area contributed by atoms with E-state index in [0.29, 0.717) is 13.0 Å². The van der Waals surface area contributed by atoms with E-state index in [-0.39, 0.29) is 17.4 Å². The number of aliphatic hydroxyl groups is 1. The van der Waals surface area contributed by atoms with Gasteiger partial charge in [-0.1, -0.05) is 19.1 Å². The van der Waals surface area contributed by atoms with Crippen LogP contribution in [0.4, 0.5) is 0 Å². The van der Waals surface area contributed by atoms with Gasteiger partial charge in [0.25, 0.3) is 0 Å². The molecule has 2 rings (SSSR count). The van der Waals surface area contributed by atoms with E-state index in [4.69, 9.17) is 4.74 Å². The molecule has 2 unspecified atom stereocenters. The summed E-state index contributed by atoms with van der Waals surface area (Å²) in [6.07, 6.45) is 0.777. The van der Waals surface area contributed by atoms with Crippen molar-refractivity contribution < 1.29 is 18.3 Å². The molecule has 4 nitrogen and oxygen atoms in total. The highest BCUT2D eigenvalue weighted by atomic mass is 32.2. The van der Waals surface area contributed by atoms with Crippen molar-refractivity contribution >= 4 is 9.84 Å². The smallest absolute Gasteiger partial charge is 0.150 e. The Hall–Kier alpha value is -1.07. The van der Waals surface area contributed by atoms with Crippen LogP contribution < -0.4 is 4.74 Å². The van der Waals surface area contributed by atoms with E-state index in [1.54, 1.807) is 12.1 Å². The zero-order chi connectivity index (χ0) is 13.9. The van der Waals surface area contributed by atoms with Crippen LogP contribution in [0.1, 0.15) is 31.4 Å². The summed E-state index contributed by atoms with van der Waals surface area (Å²) in [6.45, 7) is 2.71. The Morgan fingerprint density at radius 3 is 2.58 bits per heavy atom. The van der Waals surface area contributed by atoms with E-state index >= 15 is 0 Å². The zero-order valence-corrected chi connectivity index (χ0v) is 11.9. The van der Waals surface area contributed by atoms with Crippen LogP contribution in [0.3, 0.4) is 0 Å². The summed E-state index contributed by atoms with van der Waals surface area (Å²) < 4.78 is 28.3. The number of rotatable bonds is 5. The van der Waals surface area contributed by atoms with Crippen LogP contribution in [0.25, 0.3) is 0 Å². The quantitative estimate of drug-likeness (QED) is 0.897. The molecule has 1 aromatic carbocycles. The van der Waals surface area contributed by atoms with Crippen LogP contribution >= 0.6 is 0 Å². The molecule has 0 spiro atoms. The van der Waals surface area contributed by atoms with E-state index in [1.807, 2.05) is 19.1 Å². The largest absolute Gasteiger partial charge is 0.494 e. The molecule has 0 aromatic heterocycles. The van der Waals surface area contributed by atoms with Gasteiger partial charge in [-0.05, 0) is 30.5 Å². The second kappa shape index (κ2) is 5.92. The molecular formula is C14H20O4S. The third-order valence-electron chi connectivity index (χ3n) is 3.41. The lowest BCUT2D eigenvalue weighted by molar-refractivity contribution is 0.121. The molecule has 0 amide bonds. The first-order valence-corrected chi connectivity index (χ1v) is 8.45. The number of benzene rings is 1. The van der Waals surface area contributed by atoms with Crippen LogP contribution in [0.2, 0.25) is 0 Å². The third kappa shape index (κ3) is 3.70. The van der Waals surface area contributed by atoms with Gasteiger partial charge in [-0.15, -0.1) is 0 Å². The molecule has 2 atom stereocenters. The summed E-state index contributed by atoms with van der Waals surface area (Å²) >= 11 is 0. The van der Waals surface area contributed by atoms with Gasteiger partial charge in [-0.25, -0.2) is 8.42 Å². The maximum absolute atomic E-state index is 11.4. The van der Waals surface area contributed by atoms with Crippen LogP contribution in [-0.2, 0) is 9.84 Å². The minimum absolute atomic E-state index is 0.0856. The van der Waals surface area contributed by atoms with Gasteiger partial charge in [0.15, 0.2) is 9.84 Å². The van der Waals surface area contributed by atoms with Crippen LogP contribution in [0, 0.1) is 5.92 Å². The fraction of sp³-hybridized carbons (Fsp3) is 0.571. The Balaban J connectivity index is 2.01. The maximum Gasteiger partial charge on any atom is 0.150 e. The van der Waals surface area contributed by atoms with Crippen LogP contribution in [0.15, 0.2) is 24.3 Å². The standard InChI is InChI=1S/C14H20O4S/c1-2-8-18-13-5-3-11(4-6-13)14(15)12-7-9-19(16,17)10-12/h3-6,12,14-15H,2,7-10H2,1H3. The molecule has 1 N–H and O–H groups in total. The molecule has 0 aliphatic carbocycles. The average Bonchev–Trinajstić information content (AvgIpc) is 2.76. The number of aliphatic hydroxyl groups excluding tert-OH is 1. The summed E-state index contributed by atoms with van der Waals surface area (Å²) in [5.41, 5.74) is 0.756. The van der Waals surface area contributed by atoms with E-state index < -0.39 is 15.9 Å². The predicted octanol–water partition coefficient (Wildman–Crippen LogP) is 1.94. The normalized spacial score (nSPS) is 23.2. The lowest BCUT2D eigenvalue weighted by atomic mass is 9.95. The fourth-order valence-electron chi connectivity index (χ4n) is 2.33. The Labute approximate surface area is 114 Å². The van der Waals surface area contributed by atoms with Crippen molar-refractivity contribution in [1.29, 1.82) is 0 Å². The zero-order valence-electron chi connectivity index (χ0n) is 11.1. The molecule has 0 saturated carbocycles. The molecule has 0 radical (unpaired) electrons. The van der Waals surface area contributed by atoms with E-state index in [9.17, 15) is 13.5 Å². The molecule has 1 aliphatic heterocycles. The van der Waals surface area contributed by atoms with Gasteiger partial charge in [0.2, 0.25) is 0 Å². The van der Waals surface area contributed by atoms with Gasteiger partial charge in [0, 0.05) is 5.92 Å². The summed E-state index contributed by atoms with van der Waals surface area (Å²) in [7, 11) is -2.95. The number of ether oxygens (including phenoxy) is 1. The van der Waals surface area contributed by atoms with Gasteiger partial charge in [0.1, 0.15) is 5.75 Å². The summed E-state index contributed by atoms with van der Waals surface area (Å²) in [4.78, 5) is 0. The van der Waals surface area contributed by atoms with Gasteiger partial charge in [-0.3, -0.25) is 0 Å². The molecular weight excluding hydrogens is 264 g/mol. The summed E-state index contributed by atoms with van der Waals surface area (Å²) in [6, 6.07) is 7.25. The van der Waals surface area contributed by atoms with Crippen molar-refractivity contribution in [3.8, 4) is 5.75 Å². The minimum Gasteiger partial charge on any atom is -0.494 e.